The molecule has 1 unspecified atom stereocenters. The maximum Gasteiger partial charge on any atom is 0.277 e. The zero-order valence-electron chi connectivity index (χ0n) is 11.3. The van der Waals surface area contributed by atoms with Crippen molar-refractivity contribution in [1.82, 2.24) is 14.8 Å². The summed E-state index contributed by atoms with van der Waals surface area (Å²) in [4.78, 5) is 4.29. The fourth-order valence-electron chi connectivity index (χ4n) is 2.97. The van der Waals surface area contributed by atoms with E-state index in [4.69, 9.17) is 5.84 Å². The molecule has 0 radical (unpaired) electrons. The minimum absolute atomic E-state index is 0.317. The summed E-state index contributed by atoms with van der Waals surface area (Å²) >= 11 is 0. The van der Waals surface area contributed by atoms with E-state index in [2.05, 4.69) is 18.7 Å². The predicted octanol–water partition coefficient (Wildman–Crippen LogP) is 0.596. The van der Waals surface area contributed by atoms with Crippen LogP contribution in [0.5, 0.6) is 0 Å². The first-order chi connectivity index (χ1) is 8.40. The Labute approximate surface area is 108 Å². The predicted molar refractivity (Wildman–Crippen MR) is 67.4 cm³/mol. The van der Waals surface area contributed by atoms with Crippen LogP contribution in [0.3, 0.4) is 0 Å². The molecule has 0 aromatic carbocycles. The molecule has 0 amide bonds. The van der Waals surface area contributed by atoms with E-state index in [-0.39, 0.29) is 6.54 Å². The van der Waals surface area contributed by atoms with Gasteiger partial charge in [0.05, 0.1) is 12.6 Å². The second-order valence-electron chi connectivity index (χ2n) is 5.70. The van der Waals surface area contributed by atoms with E-state index in [9.17, 15) is 8.78 Å². The smallest absolute Gasteiger partial charge is 0.277 e. The minimum Gasteiger partial charge on any atom is -0.298 e. The summed E-state index contributed by atoms with van der Waals surface area (Å²) < 4.78 is 28.0. The molecule has 0 aromatic heterocycles. The molecule has 2 aliphatic rings. The summed E-state index contributed by atoms with van der Waals surface area (Å²) in [6, 6.07) is -0.134. The SMILES string of the molecule is CC(C)N1CCN(C2CCN(N)CC2(F)F)CC1. The first kappa shape index (κ1) is 14.1. The summed E-state index contributed by atoms with van der Waals surface area (Å²) in [6.07, 6.45) is 0.463. The van der Waals surface area contributed by atoms with Crippen LogP contribution in [-0.2, 0) is 0 Å². The van der Waals surface area contributed by atoms with E-state index in [0.717, 1.165) is 26.2 Å². The normalized spacial score (nSPS) is 32.0. The molecule has 2 aliphatic heterocycles. The van der Waals surface area contributed by atoms with Crippen molar-refractivity contribution in [3.63, 3.8) is 0 Å². The van der Waals surface area contributed by atoms with E-state index in [0.29, 0.717) is 19.0 Å². The van der Waals surface area contributed by atoms with Crippen molar-refractivity contribution in [3.8, 4) is 0 Å². The van der Waals surface area contributed by atoms with Gasteiger partial charge in [0, 0.05) is 38.8 Å². The zero-order valence-corrected chi connectivity index (χ0v) is 11.3. The van der Waals surface area contributed by atoms with Gasteiger partial charge in [0.1, 0.15) is 0 Å². The van der Waals surface area contributed by atoms with Crippen LogP contribution < -0.4 is 5.84 Å². The number of halogens is 2. The number of nitrogens with zero attached hydrogens (tertiary/aromatic N) is 3. The molecule has 4 nitrogen and oxygen atoms in total. The Morgan fingerprint density at radius 3 is 2.22 bits per heavy atom. The maximum atomic E-state index is 14.0. The molecule has 6 heteroatoms. The third kappa shape index (κ3) is 2.99. The van der Waals surface area contributed by atoms with E-state index < -0.39 is 12.0 Å². The zero-order chi connectivity index (χ0) is 13.3. The number of hydrogen-bond acceptors (Lipinski definition) is 4. The first-order valence-electron chi connectivity index (χ1n) is 6.76. The van der Waals surface area contributed by atoms with Gasteiger partial charge in [0.25, 0.3) is 5.92 Å². The quantitative estimate of drug-likeness (QED) is 0.739. The van der Waals surface area contributed by atoms with Gasteiger partial charge in [-0.25, -0.2) is 13.8 Å². The summed E-state index contributed by atoms with van der Waals surface area (Å²) in [5.41, 5.74) is 0. The molecule has 2 saturated heterocycles. The minimum atomic E-state index is -2.69. The van der Waals surface area contributed by atoms with Crippen molar-refractivity contribution in [2.45, 2.75) is 38.3 Å². The highest BCUT2D eigenvalue weighted by atomic mass is 19.3. The molecule has 2 heterocycles. The molecule has 2 rings (SSSR count). The number of hydrazine groups is 1. The second kappa shape index (κ2) is 5.36. The number of hydrogen-bond donors (Lipinski definition) is 1. The Morgan fingerprint density at radius 2 is 1.72 bits per heavy atom. The Balaban J connectivity index is 1.93. The number of rotatable bonds is 2. The molecular formula is C12H24F2N4. The van der Waals surface area contributed by atoms with Gasteiger partial charge in [-0.15, -0.1) is 0 Å². The third-order valence-corrected chi connectivity index (χ3v) is 4.11. The average Bonchev–Trinajstić information content (AvgIpc) is 2.28. The molecular weight excluding hydrogens is 238 g/mol. The summed E-state index contributed by atoms with van der Waals surface area (Å²) in [7, 11) is 0. The fourth-order valence-corrected chi connectivity index (χ4v) is 2.97. The van der Waals surface area contributed by atoms with Gasteiger partial charge in [0.2, 0.25) is 0 Å². The number of piperidine rings is 1. The van der Waals surface area contributed by atoms with Crippen LogP contribution in [0, 0.1) is 0 Å². The fraction of sp³-hybridized carbons (Fsp3) is 1.00. The van der Waals surface area contributed by atoms with Crippen LogP contribution >= 0.6 is 0 Å². The Bertz CT molecular complexity index is 277. The maximum absolute atomic E-state index is 14.0. The standard InChI is InChI=1S/C12H24F2N4/c1-10(2)16-5-7-17(8-6-16)11-3-4-18(15)9-12(11,13)14/h10-11H,3-9,15H2,1-2H3. The van der Waals surface area contributed by atoms with Crippen molar-refractivity contribution in [1.29, 1.82) is 0 Å². The molecule has 18 heavy (non-hydrogen) atoms. The Morgan fingerprint density at radius 1 is 1.11 bits per heavy atom. The van der Waals surface area contributed by atoms with Gasteiger partial charge in [-0.1, -0.05) is 0 Å². The van der Waals surface area contributed by atoms with Crippen molar-refractivity contribution in [2.24, 2.45) is 5.84 Å². The van der Waals surface area contributed by atoms with Crippen LogP contribution in [0.2, 0.25) is 0 Å². The van der Waals surface area contributed by atoms with Crippen molar-refractivity contribution in [3.05, 3.63) is 0 Å². The molecule has 0 aliphatic carbocycles. The highest BCUT2D eigenvalue weighted by molar-refractivity contribution is 4.93. The van der Waals surface area contributed by atoms with Gasteiger partial charge in [-0.3, -0.25) is 15.6 Å². The Kier molecular flexibility index (Phi) is 4.21. The lowest BCUT2D eigenvalue weighted by atomic mass is 9.99. The van der Waals surface area contributed by atoms with Crippen molar-refractivity contribution in [2.75, 3.05) is 39.3 Å². The van der Waals surface area contributed by atoms with E-state index >= 15 is 0 Å². The number of nitrogens with two attached hydrogens (primary N) is 1. The second-order valence-corrected chi connectivity index (χ2v) is 5.70. The van der Waals surface area contributed by atoms with Crippen LogP contribution in [0.1, 0.15) is 20.3 Å². The van der Waals surface area contributed by atoms with E-state index in [1.165, 1.54) is 5.01 Å². The van der Waals surface area contributed by atoms with E-state index in [1.807, 2.05) is 4.90 Å². The molecule has 0 saturated carbocycles. The summed E-state index contributed by atoms with van der Waals surface area (Å²) in [5.74, 6) is 2.80. The molecule has 1 atom stereocenters. The molecule has 0 spiro atoms. The monoisotopic (exact) mass is 262 g/mol. The van der Waals surface area contributed by atoms with Gasteiger partial charge in [-0.05, 0) is 20.3 Å². The first-order valence-corrected chi connectivity index (χ1v) is 6.76. The van der Waals surface area contributed by atoms with Crippen molar-refractivity contribution >= 4 is 0 Å². The van der Waals surface area contributed by atoms with Crippen LogP contribution in [0.15, 0.2) is 0 Å². The van der Waals surface area contributed by atoms with Crippen LogP contribution in [0.25, 0.3) is 0 Å². The largest absolute Gasteiger partial charge is 0.298 e. The lowest BCUT2D eigenvalue weighted by Gasteiger charge is -2.46. The average molecular weight is 262 g/mol. The lowest BCUT2D eigenvalue weighted by molar-refractivity contribution is -0.134. The van der Waals surface area contributed by atoms with Gasteiger partial charge >= 0.3 is 0 Å². The highest BCUT2D eigenvalue weighted by Gasteiger charge is 2.47. The lowest BCUT2D eigenvalue weighted by Crippen LogP contribution is -2.63. The van der Waals surface area contributed by atoms with Crippen LogP contribution in [-0.4, -0.2) is 72.1 Å². The molecule has 2 fully saturated rings. The van der Waals surface area contributed by atoms with E-state index in [1.54, 1.807) is 0 Å². The van der Waals surface area contributed by atoms with Crippen LogP contribution in [0.4, 0.5) is 8.78 Å². The number of piperazine rings is 1. The van der Waals surface area contributed by atoms with Crippen molar-refractivity contribution < 1.29 is 8.78 Å². The molecule has 0 aromatic rings. The summed E-state index contributed by atoms with van der Waals surface area (Å²) in [5, 5.41) is 1.24. The third-order valence-electron chi connectivity index (χ3n) is 4.11. The van der Waals surface area contributed by atoms with Gasteiger partial charge in [0.15, 0.2) is 0 Å². The van der Waals surface area contributed by atoms with Gasteiger partial charge < -0.3 is 0 Å². The highest BCUT2D eigenvalue weighted by Crippen LogP contribution is 2.30. The molecule has 106 valence electrons. The van der Waals surface area contributed by atoms with Gasteiger partial charge in [-0.2, -0.15) is 0 Å². The molecule has 2 N–H and O–H groups in total. The number of alkyl halides is 2. The Hall–Kier alpha value is -0.300. The summed E-state index contributed by atoms with van der Waals surface area (Å²) in [6.45, 7) is 7.79. The topological polar surface area (TPSA) is 35.7 Å². The molecule has 0 bridgehead atoms.